The molecule has 1 aromatic heterocycles. The van der Waals surface area contributed by atoms with Crippen molar-refractivity contribution in [1.82, 2.24) is 0 Å². The Kier molecular flexibility index (Phi) is 4.13. The van der Waals surface area contributed by atoms with Crippen molar-refractivity contribution in [2.24, 2.45) is 0 Å². The van der Waals surface area contributed by atoms with E-state index < -0.39 is 0 Å². The maximum atomic E-state index is 12.0. The quantitative estimate of drug-likeness (QED) is 0.752. The largest absolute Gasteiger partial charge is 0.294 e. The minimum absolute atomic E-state index is 0.215. The highest BCUT2D eigenvalue weighted by atomic mass is 79.9. The topological polar surface area (TPSA) is 17.1 Å². The first-order valence-corrected chi connectivity index (χ1v) is 7.21. The SMILES string of the molecule is Cc1cc(C(=O)CCc2ccsc2)ccc1Br. The van der Waals surface area contributed by atoms with Crippen LogP contribution in [0, 0.1) is 6.92 Å². The molecule has 1 aromatic carbocycles. The molecular formula is C14H13BrOS. The van der Waals surface area contributed by atoms with Crippen LogP contribution in [0.3, 0.4) is 0 Å². The zero-order chi connectivity index (χ0) is 12.3. The number of hydrogen-bond acceptors (Lipinski definition) is 2. The molecule has 0 unspecified atom stereocenters. The number of Topliss-reactive ketones (excluding diaryl/α,β-unsaturated/α-hetero) is 1. The molecule has 0 radical (unpaired) electrons. The third kappa shape index (κ3) is 3.27. The standard InChI is InChI=1S/C14H13BrOS/c1-10-8-12(3-4-13(10)15)14(16)5-2-11-6-7-17-9-11/h3-4,6-9H,2,5H2,1H3. The summed E-state index contributed by atoms with van der Waals surface area (Å²) in [4.78, 5) is 12.0. The molecule has 0 amide bonds. The molecule has 2 rings (SSSR count). The number of halogens is 1. The second-order valence-corrected chi connectivity index (χ2v) is 5.65. The fourth-order valence-electron chi connectivity index (χ4n) is 1.66. The first-order chi connectivity index (χ1) is 8.16. The smallest absolute Gasteiger partial charge is 0.163 e. The molecule has 88 valence electrons. The predicted molar refractivity (Wildman–Crippen MR) is 75.8 cm³/mol. The van der Waals surface area contributed by atoms with E-state index in [1.165, 1.54) is 5.56 Å². The Labute approximate surface area is 114 Å². The van der Waals surface area contributed by atoms with Gasteiger partial charge in [0.05, 0.1) is 0 Å². The Morgan fingerprint density at radius 3 is 2.82 bits per heavy atom. The number of carbonyl (C=O) groups is 1. The Bertz CT molecular complexity index is 517. The molecule has 0 bridgehead atoms. The second kappa shape index (κ2) is 5.61. The summed E-state index contributed by atoms with van der Waals surface area (Å²) in [5.41, 5.74) is 3.16. The van der Waals surface area contributed by atoms with Gasteiger partial charge in [-0.3, -0.25) is 4.79 Å². The Morgan fingerprint density at radius 1 is 1.35 bits per heavy atom. The molecule has 17 heavy (non-hydrogen) atoms. The summed E-state index contributed by atoms with van der Waals surface area (Å²) in [7, 11) is 0. The van der Waals surface area contributed by atoms with Gasteiger partial charge in [-0.05, 0) is 53.4 Å². The molecule has 0 aliphatic heterocycles. The molecular weight excluding hydrogens is 296 g/mol. The lowest BCUT2D eigenvalue weighted by Gasteiger charge is -2.03. The lowest BCUT2D eigenvalue weighted by atomic mass is 10.0. The number of aryl methyl sites for hydroxylation is 2. The van der Waals surface area contributed by atoms with Gasteiger partial charge in [0.15, 0.2) is 5.78 Å². The van der Waals surface area contributed by atoms with E-state index in [9.17, 15) is 4.79 Å². The van der Waals surface area contributed by atoms with Crippen LogP contribution in [0.25, 0.3) is 0 Å². The van der Waals surface area contributed by atoms with E-state index >= 15 is 0 Å². The van der Waals surface area contributed by atoms with Crippen LogP contribution >= 0.6 is 27.3 Å². The van der Waals surface area contributed by atoms with Crippen molar-refractivity contribution < 1.29 is 4.79 Å². The zero-order valence-corrected chi connectivity index (χ0v) is 12.0. The van der Waals surface area contributed by atoms with Crippen LogP contribution in [0.5, 0.6) is 0 Å². The first kappa shape index (κ1) is 12.5. The third-order valence-corrected chi connectivity index (χ3v) is 4.32. The van der Waals surface area contributed by atoms with Gasteiger partial charge >= 0.3 is 0 Å². The van der Waals surface area contributed by atoms with Gasteiger partial charge in [-0.2, -0.15) is 11.3 Å². The third-order valence-electron chi connectivity index (χ3n) is 2.70. The normalized spacial score (nSPS) is 10.5. The summed E-state index contributed by atoms with van der Waals surface area (Å²) < 4.78 is 1.05. The van der Waals surface area contributed by atoms with Gasteiger partial charge in [0.2, 0.25) is 0 Å². The van der Waals surface area contributed by atoms with Crippen LogP contribution < -0.4 is 0 Å². The second-order valence-electron chi connectivity index (χ2n) is 4.02. The van der Waals surface area contributed by atoms with Crippen LogP contribution in [-0.2, 0) is 6.42 Å². The highest BCUT2D eigenvalue weighted by Gasteiger charge is 2.07. The molecule has 0 saturated carbocycles. The fourth-order valence-corrected chi connectivity index (χ4v) is 2.61. The molecule has 0 spiro atoms. The molecule has 1 nitrogen and oxygen atoms in total. The van der Waals surface area contributed by atoms with E-state index in [4.69, 9.17) is 0 Å². The average molecular weight is 309 g/mol. The van der Waals surface area contributed by atoms with Crippen molar-refractivity contribution in [2.75, 3.05) is 0 Å². The fraction of sp³-hybridized carbons (Fsp3) is 0.214. The monoisotopic (exact) mass is 308 g/mol. The highest BCUT2D eigenvalue weighted by molar-refractivity contribution is 9.10. The van der Waals surface area contributed by atoms with E-state index in [0.29, 0.717) is 6.42 Å². The van der Waals surface area contributed by atoms with Crippen molar-refractivity contribution in [1.29, 1.82) is 0 Å². The number of rotatable bonds is 4. The Balaban J connectivity index is 2.02. The molecule has 0 fully saturated rings. The molecule has 0 N–H and O–H groups in total. The van der Waals surface area contributed by atoms with E-state index in [-0.39, 0.29) is 5.78 Å². The Hall–Kier alpha value is -0.930. The van der Waals surface area contributed by atoms with Gasteiger partial charge in [-0.25, -0.2) is 0 Å². The number of ketones is 1. The van der Waals surface area contributed by atoms with Gasteiger partial charge in [0.25, 0.3) is 0 Å². The van der Waals surface area contributed by atoms with Crippen molar-refractivity contribution in [2.45, 2.75) is 19.8 Å². The summed E-state index contributed by atoms with van der Waals surface area (Å²) in [6.07, 6.45) is 1.41. The van der Waals surface area contributed by atoms with Gasteiger partial charge in [0.1, 0.15) is 0 Å². The van der Waals surface area contributed by atoms with Gasteiger partial charge < -0.3 is 0 Å². The lowest BCUT2D eigenvalue weighted by molar-refractivity contribution is 0.0983. The molecule has 0 atom stereocenters. The van der Waals surface area contributed by atoms with E-state index in [1.54, 1.807) is 11.3 Å². The molecule has 0 aliphatic carbocycles. The van der Waals surface area contributed by atoms with Gasteiger partial charge in [-0.15, -0.1) is 0 Å². The average Bonchev–Trinajstić information content (AvgIpc) is 2.82. The number of benzene rings is 1. The van der Waals surface area contributed by atoms with Crippen LogP contribution in [0.1, 0.15) is 27.9 Å². The number of thiophene rings is 1. The molecule has 1 heterocycles. The maximum Gasteiger partial charge on any atom is 0.163 e. The highest BCUT2D eigenvalue weighted by Crippen LogP contribution is 2.18. The lowest BCUT2D eigenvalue weighted by Crippen LogP contribution is -2.01. The summed E-state index contributed by atoms with van der Waals surface area (Å²) in [6, 6.07) is 7.84. The summed E-state index contributed by atoms with van der Waals surface area (Å²) in [5, 5.41) is 4.14. The summed E-state index contributed by atoms with van der Waals surface area (Å²) in [5.74, 6) is 0.215. The van der Waals surface area contributed by atoms with E-state index in [2.05, 4.69) is 27.4 Å². The molecule has 0 saturated heterocycles. The molecule has 0 aliphatic rings. The van der Waals surface area contributed by atoms with Crippen molar-refractivity contribution >= 4 is 33.0 Å². The molecule has 2 aromatic rings. The zero-order valence-electron chi connectivity index (χ0n) is 9.57. The molecule has 3 heteroatoms. The van der Waals surface area contributed by atoms with Crippen molar-refractivity contribution in [3.63, 3.8) is 0 Å². The number of carbonyl (C=O) groups excluding carboxylic acids is 1. The Morgan fingerprint density at radius 2 is 2.18 bits per heavy atom. The van der Waals surface area contributed by atoms with Crippen molar-refractivity contribution in [3.8, 4) is 0 Å². The van der Waals surface area contributed by atoms with E-state index in [1.807, 2.05) is 30.5 Å². The first-order valence-electron chi connectivity index (χ1n) is 5.47. The number of hydrogen-bond donors (Lipinski definition) is 0. The van der Waals surface area contributed by atoms with E-state index in [0.717, 1.165) is 22.0 Å². The predicted octanol–water partition coefficient (Wildman–Crippen LogP) is 4.63. The minimum atomic E-state index is 0.215. The summed E-state index contributed by atoms with van der Waals surface area (Å²) in [6.45, 7) is 2.00. The van der Waals surface area contributed by atoms with Crippen LogP contribution in [-0.4, -0.2) is 5.78 Å². The maximum absolute atomic E-state index is 12.0. The van der Waals surface area contributed by atoms with Crippen molar-refractivity contribution in [3.05, 3.63) is 56.2 Å². The van der Waals surface area contributed by atoms with Crippen LogP contribution in [0.2, 0.25) is 0 Å². The van der Waals surface area contributed by atoms with Crippen LogP contribution in [0.15, 0.2) is 39.5 Å². The summed E-state index contributed by atoms with van der Waals surface area (Å²) >= 11 is 5.11. The van der Waals surface area contributed by atoms with Gasteiger partial charge in [0, 0.05) is 16.5 Å². The van der Waals surface area contributed by atoms with Gasteiger partial charge in [-0.1, -0.05) is 22.0 Å². The minimum Gasteiger partial charge on any atom is -0.294 e. The van der Waals surface area contributed by atoms with Crippen LogP contribution in [0.4, 0.5) is 0 Å².